The summed E-state index contributed by atoms with van der Waals surface area (Å²) in [5.41, 5.74) is 5.34. The molecule has 1 aliphatic heterocycles. The molecule has 0 bridgehead atoms. The molecule has 1 aromatic heterocycles. The predicted octanol–water partition coefficient (Wildman–Crippen LogP) is -0.258. The van der Waals surface area contributed by atoms with Crippen LogP contribution < -0.4 is 5.73 Å². The molecule has 100 valence electrons. The molecule has 0 saturated carbocycles. The van der Waals surface area contributed by atoms with Crippen molar-refractivity contribution in [1.29, 1.82) is 0 Å². The molecule has 0 radical (unpaired) electrons. The van der Waals surface area contributed by atoms with Gasteiger partial charge in [-0.25, -0.2) is 4.98 Å². The van der Waals surface area contributed by atoms with E-state index in [0.717, 1.165) is 5.82 Å². The number of nitrogens with zero attached hydrogens (tertiary/aromatic N) is 3. The molecule has 0 spiro atoms. The van der Waals surface area contributed by atoms with Crippen molar-refractivity contribution in [1.82, 2.24) is 14.5 Å². The fourth-order valence-corrected chi connectivity index (χ4v) is 2.18. The topological polar surface area (TPSA) is 73.4 Å². The third-order valence-corrected chi connectivity index (χ3v) is 3.65. The molecule has 1 saturated heterocycles. The number of nitrogens with two attached hydrogens (primary N) is 1. The number of hydrogen-bond acceptors (Lipinski definition) is 4. The second-order valence-electron chi connectivity index (χ2n) is 5.15. The smallest absolute Gasteiger partial charge is 0.232 e. The lowest BCUT2D eigenvalue weighted by Gasteiger charge is -2.30. The van der Waals surface area contributed by atoms with Crippen LogP contribution in [0.15, 0.2) is 12.4 Å². The Kier molecular flexibility index (Phi) is 3.41. The quantitative estimate of drug-likeness (QED) is 0.804. The molecule has 6 heteroatoms. The van der Waals surface area contributed by atoms with Crippen molar-refractivity contribution >= 4 is 5.91 Å². The van der Waals surface area contributed by atoms with Crippen LogP contribution in [0.25, 0.3) is 0 Å². The van der Waals surface area contributed by atoms with Gasteiger partial charge in [-0.2, -0.15) is 0 Å². The zero-order valence-electron chi connectivity index (χ0n) is 11.1. The summed E-state index contributed by atoms with van der Waals surface area (Å²) in [7, 11) is 3.68. The Balaban J connectivity index is 2.07. The summed E-state index contributed by atoms with van der Waals surface area (Å²) in [6.07, 6.45) is 3.58. The molecule has 0 aliphatic carbocycles. The number of imidazole rings is 1. The van der Waals surface area contributed by atoms with Crippen LogP contribution in [0.2, 0.25) is 0 Å². The van der Waals surface area contributed by atoms with Gasteiger partial charge in [-0.3, -0.25) is 4.79 Å². The van der Waals surface area contributed by atoms with Gasteiger partial charge in [0, 0.05) is 32.5 Å². The molecule has 0 aromatic carbocycles. The first kappa shape index (κ1) is 13.0. The maximum absolute atomic E-state index is 12.4. The van der Waals surface area contributed by atoms with E-state index in [1.165, 1.54) is 0 Å². The third kappa shape index (κ3) is 2.13. The maximum atomic E-state index is 12.4. The van der Waals surface area contributed by atoms with Crippen LogP contribution >= 0.6 is 0 Å². The van der Waals surface area contributed by atoms with Crippen LogP contribution in [0.4, 0.5) is 0 Å². The lowest BCUT2D eigenvalue weighted by molar-refractivity contribution is -0.141. The molecule has 2 N–H and O–H groups in total. The molecular weight excluding hydrogens is 232 g/mol. The van der Waals surface area contributed by atoms with Gasteiger partial charge < -0.3 is 19.9 Å². The van der Waals surface area contributed by atoms with Crippen LogP contribution in [-0.4, -0.2) is 46.7 Å². The minimum atomic E-state index is -0.625. The van der Waals surface area contributed by atoms with Gasteiger partial charge in [-0.15, -0.1) is 0 Å². The van der Waals surface area contributed by atoms with Crippen LogP contribution in [0, 0.1) is 5.41 Å². The molecule has 6 nitrogen and oxygen atoms in total. The monoisotopic (exact) mass is 252 g/mol. The van der Waals surface area contributed by atoms with Crippen LogP contribution in [0.1, 0.15) is 12.7 Å². The van der Waals surface area contributed by atoms with E-state index >= 15 is 0 Å². The van der Waals surface area contributed by atoms with Gasteiger partial charge in [0.05, 0.1) is 25.2 Å². The highest BCUT2D eigenvalue weighted by Gasteiger charge is 2.45. The van der Waals surface area contributed by atoms with Gasteiger partial charge in [0.15, 0.2) is 0 Å². The van der Waals surface area contributed by atoms with E-state index < -0.39 is 5.41 Å². The van der Waals surface area contributed by atoms with E-state index in [9.17, 15) is 4.79 Å². The highest BCUT2D eigenvalue weighted by molar-refractivity contribution is 5.83. The Morgan fingerprint density at radius 1 is 1.78 bits per heavy atom. The Morgan fingerprint density at radius 3 is 3.00 bits per heavy atom. The van der Waals surface area contributed by atoms with Gasteiger partial charge in [-0.1, -0.05) is 0 Å². The second kappa shape index (κ2) is 4.70. The number of aryl methyl sites for hydroxylation is 1. The van der Waals surface area contributed by atoms with Crippen LogP contribution in [0.3, 0.4) is 0 Å². The van der Waals surface area contributed by atoms with E-state index in [0.29, 0.717) is 19.8 Å². The number of hydrogen-bond donors (Lipinski definition) is 1. The molecule has 1 aliphatic rings. The predicted molar refractivity (Wildman–Crippen MR) is 66.6 cm³/mol. The number of amides is 1. The molecule has 2 rings (SSSR count). The summed E-state index contributed by atoms with van der Waals surface area (Å²) < 4.78 is 7.21. The highest BCUT2D eigenvalue weighted by atomic mass is 16.5. The first-order chi connectivity index (χ1) is 8.45. The van der Waals surface area contributed by atoms with E-state index in [1.807, 2.05) is 24.7 Å². The van der Waals surface area contributed by atoms with E-state index in [2.05, 4.69) is 4.98 Å². The van der Waals surface area contributed by atoms with Gasteiger partial charge in [0.1, 0.15) is 5.82 Å². The molecule has 1 aromatic rings. The minimum absolute atomic E-state index is 0.00972. The number of carbonyl (C=O) groups is 1. The molecule has 1 amide bonds. The minimum Gasteiger partial charge on any atom is -0.379 e. The van der Waals surface area contributed by atoms with E-state index in [1.54, 1.807) is 18.1 Å². The number of aromatic nitrogens is 2. The molecular formula is C12H20N4O2. The Bertz CT molecular complexity index is 445. The Labute approximate surface area is 107 Å². The lowest BCUT2D eigenvalue weighted by Crippen LogP contribution is -2.50. The second-order valence-corrected chi connectivity index (χ2v) is 5.15. The van der Waals surface area contributed by atoms with Crippen molar-refractivity contribution in [3.05, 3.63) is 18.2 Å². The molecule has 18 heavy (non-hydrogen) atoms. The van der Waals surface area contributed by atoms with Crippen molar-refractivity contribution in [2.24, 2.45) is 18.2 Å². The SMILES string of the molecule is CN(Cc1nccn1C)C(=O)C1(C)COCC1N. The number of ether oxygens (including phenoxy) is 1. The summed E-state index contributed by atoms with van der Waals surface area (Å²) in [6, 6.07) is -0.242. The van der Waals surface area contributed by atoms with Gasteiger partial charge >= 0.3 is 0 Å². The molecule has 2 unspecified atom stereocenters. The Hall–Kier alpha value is -1.40. The molecule has 2 atom stereocenters. The van der Waals surface area contributed by atoms with Crippen molar-refractivity contribution in [3.8, 4) is 0 Å². The van der Waals surface area contributed by atoms with Crippen molar-refractivity contribution < 1.29 is 9.53 Å². The summed E-state index contributed by atoms with van der Waals surface area (Å²) in [5.74, 6) is 0.859. The average Bonchev–Trinajstić information content (AvgIpc) is 2.87. The molecule has 1 fully saturated rings. The van der Waals surface area contributed by atoms with Crippen LogP contribution in [0.5, 0.6) is 0 Å². The van der Waals surface area contributed by atoms with Crippen molar-refractivity contribution in [2.75, 3.05) is 20.3 Å². The fraction of sp³-hybridized carbons (Fsp3) is 0.667. The standard InChI is InChI=1S/C12H20N4O2/c1-12(8-18-7-9(12)13)11(17)16(3)6-10-14-4-5-15(10)2/h4-5,9H,6-8,13H2,1-3H3. The van der Waals surface area contributed by atoms with E-state index in [4.69, 9.17) is 10.5 Å². The normalized spacial score (nSPS) is 27.4. The average molecular weight is 252 g/mol. The fourth-order valence-electron chi connectivity index (χ4n) is 2.18. The van der Waals surface area contributed by atoms with Crippen LogP contribution in [-0.2, 0) is 23.1 Å². The number of carbonyl (C=O) groups excluding carboxylic acids is 1. The summed E-state index contributed by atoms with van der Waals surface area (Å²) in [5, 5.41) is 0. The largest absolute Gasteiger partial charge is 0.379 e. The summed E-state index contributed by atoms with van der Waals surface area (Å²) in [6.45, 7) is 3.17. The van der Waals surface area contributed by atoms with E-state index in [-0.39, 0.29) is 11.9 Å². The van der Waals surface area contributed by atoms with Crippen molar-refractivity contribution in [2.45, 2.75) is 19.5 Å². The lowest BCUT2D eigenvalue weighted by atomic mass is 9.84. The number of rotatable bonds is 3. The zero-order chi connectivity index (χ0) is 13.3. The van der Waals surface area contributed by atoms with Crippen molar-refractivity contribution in [3.63, 3.8) is 0 Å². The third-order valence-electron chi connectivity index (χ3n) is 3.65. The summed E-state index contributed by atoms with van der Waals surface area (Å²) >= 11 is 0. The first-order valence-electron chi connectivity index (χ1n) is 6.00. The maximum Gasteiger partial charge on any atom is 0.232 e. The Morgan fingerprint density at radius 2 is 2.50 bits per heavy atom. The highest BCUT2D eigenvalue weighted by Crippen LogP contribution is 2.29. The first-order valence-corrected chi connectivity index (χ1v) is 6.00. The van der Waals surface area contributed by atoms with Gasteiger partial charge in [0.25, 0.3) is 0 Å². The van der Waals surface area contributed by atoms with Gasteiger partial charge in [-0.05, 0) is 6.92 Å². The molecule has 2 heterocycles. The van der Waals surface area contributed by atoms with Gasteiger partial charge in [0.2, 0.25) is 5.91 Å². The zero-order valence-corrected chi connectivity index (χ0v) is 11.1. The summed E-state index contributed by atoms with van der Waals surface area (Å²) in [4.78, 5) is 18.3.